The number of rotatable bonds is 6. The highest BCUT2D eigenvalue weighted by atomic mass is 32.2. The minimum Gasteiger partial charge on any atom is -0.378 e. The van der Waals surface area contributed by atoms with Crippen LogP contribution in [0.25, 0.3) is 21.7 Å². The van der Waals surface area contributed by atoms with Gasteiger partial charge in [0.15, 0.2) is 5.03 Å². The number of nitrogens with one attached hydrogen (secondary N) is 1. The third-order valence-corrected chi connectivity index (χ3v) is 10.5. The molecule has 0 radical (unpaired) electrons. The van der Waals surface area contributed by atoms with Crippen LogP contribution in [0.15, 0.2) is 71.9 Å². The fourth-order valence-corrected chi connectivity index (χ4v) is 7.88. The summed E-state index contributed by atoms with van der Waals surface area (Å²) in [6.07, 6.45) is 4.27. The number of carbonyl (C=O) groups excluding carboxylic acids is 1. The minimum atomic E-state index is -3.98. The van der Waals surface area contributed by atoms with Gasteiger partial charge in [-0.05, 0) is 61.2 Å². The number of fused-ring (bicyclic) bond motifs is 3. The standard InChI is InChI=1S/C30H29N5O4S2/c36-30(32-22-8-9-22)26-18-21-11-13-35(25-6-2-1-4-23(25)29(21)40-26)41(37,38)28-7-3-5-24(33-28)20-10-12-31-27(19-20)34-14-16-39-17-15-34/h1-7,10,12,18-19,22H,8-9,11,13-17H2,(H,32,36). The van der Waals surface area contributed by atoms with Crippen LogP contribution < -0.4 is 14.5 Å². The highest BCUT2D eigenvalue weighted by molar-refractivity contribution is 7.92. The molecule has 1 N–H and O–H groups in total. The molecule has 4 aromatic rings. The lowest BCUT2D eigenvalue weighted by molar-refractivity contribution is 0.0955. The third-order valence-electron chi connectivity index (χ3n) is 7.60. The molecule has 11 heteroatoms. The Hall–Kier alpha value is -3.80. The second kappa shape index (κ2) is 10.6. The van der Waals surface area contributed by atoms with Gasteiger partial charge in [-0.1, -0.05) is 24.3 Å². The largest absolute Gasteiger partial charge is 0.378 e. The van der Waals surface area contributed by atoms with Gasteiger partial charge in [0.2, 0.25) is 0 Å². The molecule has 3 aliphatic rings. The zero-order valence-corrected chi connectivity index (χ0v) is 24.0. The van der Waals surface area contributed by atoms with Crippen molar-refractivity contribution in [1.29, 1.82) is 0 Å². The molecule has 9 nitrogen and oxygen atoms in total. The van der Waals surface area contributed by atoms with Crippen molar-refractivity contribution in [2.75, 3.05) is 42.1 Å². The number of sulfonamides is 1. The van der Waals surface area contributed by atoms with Crippen molar-refractivity contribution in [1.82, 2.24) is 15.3 Å². The number of morpholine rings is 1. The monoisotopic (exact) mass is 587 g/mol. The second-order valence-electron chi connectivity index (χ2n) is 10.4. The number of thiophene rings is 1. The maximum absolute atomic E-state index is 14.1. The second-order valence-corrected chi connectivity index (χ2v) is 13.3. The lowest BCUT2D eigenvalue weighted by Gasteiger charge is -2.28. The van der Waals surface area contributed by atoms with Gasteiger partial charge in [0.25, 0.3) is 15.9 Å². The number of para-hydroxylation sites is 1. The molecule has 2 aliphatic heterocycles. The highest BCUT2D eigenvalue weighted by Crippen LogP contribution is 2.43. The lowest BCUT2D eigenvalue weighted by Crippen LogP contribution is -2.36. The molecule has 7 rings (SSSR count). The number of pyridine rings is 2. The predicted octanol–water partition coefficient (Wildman–Crippen LogP) is 4.35. The SMILES string of the molecule is O=C(NC1CC1)c1cc2c(s1)-c1ccccc1N(S(=O)(=O)c1cccc(-c3ccnc(N4CCOCC4)c3)n1)CC2. The van der Waals surface area contributed by atoms with Crippen molar-refractivity contribution in [3.63, 3.8) is 0 Å². The van der Waals surface area contributed by atoms with Gasteiger partial charge < -0.3 is 15.0 Å². The Kier molecular flexibility index (Phi) is 6.72. The van der Waals surface area contributed by atoms with Gasteiger partial charge in [-0.2, -0.15) is 8.42 Å². The summed E-state index contributed by atoms with van der Waals surface area (Å²) in [7, 11) is -3.98. The van der Waals surface area contributed by atoms with Crippen LogP contribution in [0.5, 0.6) is 0 Å². The van der Waals surface area contributed by atoms with Crippen LogP contribution in [-0.2, 0) is 21.2 Å². The normalized spacial score (nSPS) is 17.0. The van der Waals surface area contributed by atoms with Crippen LogP contribution in [0.1, 0.15) is 28.1 Å². The smallest absolute Gasteiger partial charge is 0.281 e. The van der Waals surface area contributed by atoms with Crippen LogP contribution in [0.4, 0.5) is 11.5 Å². The van der Waals surface area contributed by atoms with E-state index < -0.39 is 10.0 Å². The number of anilines is 2. The summed E-state index contributed by atoms with van der Waals surface area (Å²) in [5.74, 6) is 0.764. The van der Waals surface area contributed by atoms with E-state index >= 15 is 0 Å². The van der Waals surface area contributed by atoms with Gasteiger partial charge in [-0.3, -0.25) is 9.10 Å². The molecule has 1 saturated heterocycles. The van der Waals surface area contributed by atoms with E-state index in [0.29, 0.717) is 35.9 Å². The Bertz CT molecular complexity index is 1730. The Balaban J connectivity index is 1.21. The quantitative estimate of drug-likeness (QED) is 0.358. The molecular formula is C30H29N5O4S2. The molecular weight excluding hydrogens is 558 g/mol. The van der Waals surface area contributed by atoms with Crippen LogP contribution in [0.3, 0.4) is 0 Å². The number of amides is 1. The van der Waals surface area contributed by atoms with E-state index in [1.54, 1.807) is 18.3 Å². The maximum atomic E-state index is 14.1. The molecule has 1 amide bonds. The number of hydrogen-bond acceptors (Lipinski definition) is 8. The fourth-order valence-electron chi connectivity index (χ4n) is 5.29. The molecule has 3 aromatic heterocycles. The van der Waals surface area contributed by atoms with Crippen molar-refractivity contribution < 1.29 is 17.9 Å². The predicted molar refractivity (Wildman–Crippen MR) is 159 cm³/mol. The van der Waals surface area contributed by atoms with Gasteiger partial charge in [0.1, 0.15) is 5.82 Å². The number of hydrogen-bond donors (Lipinski definition) is 1. The number of ether oxygens (including phenoxy) is 1. The molecule has 1 aromatic carbocycles. The maximum Gasteiger partial charge on any atom is 0.281 e. The molecule has 0 spiro atoms. The van der Waals surface area contributed by atoms with Crippen molar-refractivity contribution in [2.45, 2.75) is 30.3 Å². The molecule has 0 atom stereocenters. The van der Waals surface area contributed by atoms with Gasteiger partial charge in [-0.15, -0.1) is 11.3 Å². The van der Waals surface area contributed by atoms with Crippen LogP contribution in [-0.4, -0.2) is 63.2 Å². The molecule has 41 heavy (non-hydrogen) atoms. The van der Waals surface area contributed by atoms with Crippen molar-refractivity contribution in [2.24, 2.45) is 0 Å². The summed E-state index contributed by atoms with van der Waals surface area (Å²) < 4.78 is 35.2. The van der Waals surface area contributed by atoms with Crippen molar-refractivity contribution >= 4 is 38.8 Å². The van der Waals surface area contributed by atoms with Gasteiger partial charge in [-0.25, -0.2) is 9.97 Å². The van der Waals surface area contributed by atoms with Gasteiger partial charge in [0.05, 0.1) is 29.5 Å². The van der Waals surface area contributed by atoms with E-state index in [0.717, 1.165) is 53.3 Å². The molecule has 1 aliphatic carbocycles. The van der Waals surface area contributed by atoms with Gasteiger partial charge >= 0.3 is 0 Å². The molecule has 1 saturated carbocycles. The third kappa shape index (κ3) is 5.09. The van der Waals surface area contributed by atoms with E-state index in [2.05, 4.69) is 20.2 Å². The molecule has 0 unspecified atom stereocenters. The Morgan fingerprint density at radius 2 is 1.83 bits per heavy atom. The molecule has 2 fully saturated rings. The van der Waals surface area contributed by atoms with Crippen LogP contribution in [0.2, 0.25) is 0 Å². The van der Waals surface area contributed by atoms with Crippen LogP contribution in [0, 0.1) is 0 Å². The first-order chi connectivity index (χ1) is 20.0. The van der Waals surface area contributed by atoms with E-state index in [1.165, 1.54) is 15.6 Å². The first kappa shape index (κ1) is 26.1. The summed E-state index contributed by atoms with van der Waals surface area (Å²) in [6.45, 7) is 3.05. The molecule has 210 valence electrons. The number of aromatic nitrogens is 2. The number of nitrogens with zero attached hydrogens (tertiary/aromatic N) is 4. The Morgan fingerprint density at radius 3 is 2.66 bits per heavy atom. The average Bonchev–Trinajstić information content (AvgIpc) is 3.76. The topological polar surface area (TPSA) is 105 Å². The van der Waals surface area contributed by atoms with Crippen molar-refractivity contribution in [3.05, 3.63) is 77.3 Å². The summed E-state index contributed by atoms with van der Waals surface area (Å²) >= 11 is 1.42. The zero-order chi connectivity index (χ0) is 28.0. The summed E-state index contributed by atoms with van der Waals surface area (Å²) in [6, 6.07) is 18.6. The first-order valence-corrected chi connectivity index (χ1v) is 16.0. The lowest BCUT2D eigenvalue weighted by atomic mass is 10.1. The summed E-state index contributed by atoms with van der Waals surface area (Å²) in [5.41, 5.74) is 3.74. The number of carbonyl (C=O) groups is 1. The van der Waals surface area contributed by atoms with Crippen molar-refractivity contribution in [3.8, 4) is 21.7 Å². The Labute approximate surface area is 242 Å². The van der Waals surface area contributed by atoms with E-state index in [-0.39, 0.29) is 23.5 Å². The first-order valence-electron chi connectivity index (χ1n) is 13.8. The highest BCUT2D eigenvalue weighted by Gasteiger charge is 2.33. The van der Waals surface area contributed by atoms with E-state index in [9.17, 15) is 13.2 Å². The van der Waals surface area contributed by atoms with Crippen LogP contribution >= 0.6 is 11.3 Å². The molecule has 0 bridgehead atoms. The fraction of sp³-hybridized carbons (Fsp3) is 0.300. The van der Waals surface area contributed by atoms with E-state index in [1.807, 2.05) is 48.5 Å². The minimum absolute atomic E-state index is 0.00991. The number of benzene rings is 1. The molecule has 5 heterocycles. The average molecular weight is 588 g/mol. The van der Waals surface area contributed by atoms with Gasteiger partial charge in [0, 0.05) is 47.9 Å². The van der Waals surface area contributed by atoms with E-state index in [4.69, 9.17) is 4.74 Å². The summed E-state index contributed by atoms with van der Waals surface area (Å²) in [5, 5.41) is 3.05. The Morgan fingerprint density at radius 1 is 1.00 bits per heavy atom. The zero-order valence-electron chi connectivity index (χ0n) is 22.3. The summed E-state index contributed by atoms with van der Waals surface area (Å²) in [4.78, 5) is 25.7.